The first kappa shape index (κ1) is 31.1. The van der Waals surface area contributed by atoms with Gasteiger partial charge in [-0.3, -0.25) is 10.2 Å². The van der Waals surface area contributed by atoms with E-state index in [4.69, 9.17) is 5.41 Å². The topological polar surface area (TPSA) is 76.4 Å². The fraction of sp³-hybridized carbons (Fsp3) is 0.704. The van der Waals surface area contributed by atoms with Gasteiger partial charge < -0.3 is 15.3 Å². The minimum absolute atomic E-state index is 0. The number of phenolic OH excluding ortho intramolecular Hbond substituents is 1. The van der Waals surface area contributed by atoms with E-state index in [1.807, 2.05) is 17.0 Å². The third kappa shape index (κ3) is 7.54. The first-order valence-electron chi connectivity index (χ1n) is 12.3. The molecule has 5 nitrogen and oxygen atoms in total. The first-order chi connectivity index (χ1) is 14.9. The van der Waals surface area contributed by atoms with Crippen LogP contribution in [0.5, 0.6) is 5.75 Å². The Balaban J connectivity index is 0.00000289. The number of phenols is 1. The second-order valence-electron chi connectivity index (χ2n) is 11.9. The van der Waals surface area contributed by atoms with Crippen molar-refractivity contribution >= 4 is 45.6 Å². The van der Waals surface area contributed by atoms with Crippen LogP contribution in [0.1, 0.15) is 95.1 Å². The number of aromatic hydroxyl groups is 1. The molecule has 0 aliphatic carbocycles. The maximum Gasteiger partial charge on any atom is 0.182 e. The predicted molar refractivity (Wildman–Crippen MR) is 153 cm³/mol. The Hall–Kier alpha value is -0.920. The van der Waals surface area contributed by atoms with Crippen molar-refractivity contribution in [2.75, 3.05) is 26.2 Å². The van der Waals surface area contributed by atoms with Crippen LogP contribution in [-0.4, -0.2) is 47.8 Å². The van der Waals surface area contributed by atoms with Gasteiger partial charge in [0.05, 0.1) is 12.4 Å². The second-order valence-corrected chi connectivity index (χ2v) is 11.9. The molecule has 2 heterocycles. The summed E-state index contributed by atoms with van der Waals surface area (Å²) in [5.41, 5.74) is 1.74. The third-order valence-electron chi connectivity index (χ3n) is 7.24. The monoisotopic (exact) mass is 601 g/mol. The number of hydrogen-bond acceptors (Lipinski definition) is 4. The summed E-state index contributed by atoms with van der Waals surface area (Å²) in [5.74, 6) is 2.03. The Morgan fingerprint density at radius 3 is 2.03 bits per heavy atom. The molecule has 2 saturated heterocycles. The Kier molecular flexibility index (Phi) is 11.3. The number of benzene rings is 1. The van der Waals surface area contributed by atoms with Gasteiger partial charge in [-0.25, -0.2) is 0 Å². The predicted octanol–water partition coefficient (Wildman–Crippen LogP) is 6.40. The van der Waals surface area contributed by atoms with E-state index in [0.29, 0.717) is 17.1 Å². The molecule has 1 unspecified atom stereocenters. The van der Waals surface area contributed by atoms with E-state index in [1.54, 1.807) is 0 Å². The highest BCUT2D eigenvalue weighted by atomic mass is 79.9. The van der Waals surface area contributed by atoms with Crippen molar-refractivity contribution in [2.24, 2.45) is 11.8 Å². The second kappa shape index (κ2) is 12.4. The molecule has 34 heavy (non-hydrogen) atoms. The highest BCUT2D eigenvalue weighted by Gasteiger charge is 2.32. The van der Waals surface area contributed by atoms with Gasteiger partial charge in [0.15, 0.2) is 5.78 Å². The summed E-state index contributed by atoms with van der Waals surface area (Å²) in [6, 6.07) is 3.72. The lowest BCUT2D eigenvalue weighted by Gasteiger charge is -2.28. The van der Waals surface area contributed by atoms with Crippen molar-refractivity contribution < 1.29 is 9.90 Å². The highest BCUT2D eigenvalue weighted by molar-refractivity contribution is 8.93. The van der Waals surface area contributed by atoms with Gasteiger partial charge in [0.2, 0.25) is 0 Å². The number of nitrogens with zero attached hydrogens (tertiary/aromatic N) is 1. The number of piperidine rings is 1. The number of hydrogen-bond donors (Lipinski definition) is 3. The zero-order valence-corrected chi connectivity index (χ0v) is 25.2. The number of carbonyl (C=O) groups excluding carboxylic acids is 1. The Labute approximate surface area is 227 Å². The number of Topliss-reactive ketones (excluding diaryl/α,β-unsaturated/α-hetero) is 1. The molecule has 2 aliphatic rings. The molecule has 0 radical (unpaired) electrons. The van der Waals surface area contributed by atoms with E-state index in [2.05, 4.69) is 46.9 Å². The van der Waals surface area contributed by atoms with Crippen molar-refractivity contribution in [3.8, 4) is 5.75 Å². The van der Waals surface area contributed by atoms with Gasteiger partial charge in [0, 0.05) is 29.2 Å². The number of nitrogens with one attached hydrogen (secondary N) is 2. The average Bonchev–Trinajstić information content (AvgIpc) is 3.05. The van der Waals surface area contributed by atoms with Crippen LogP contribution in [0.3, 0.4) is 0 Å². The molecule has 2 fully saturated rings. The van der Waals surface area contributed by atoms with Crippen molar-refractivity contribution in [1.82, 2.24) is 10.2 Å². The standard InChI is InChI=1S/C27H43N3O2.2BrH/c1-26(2,3)21-15-20(16-22(24(21)32)27(4,5)6)23(31)17-30-14-11-19(25(30)28)8-7-18-9-12-29-13-10-18;;/h15-16,18-19,28-29,32H,7-14,17H2,1-6H3;2*1H. The quantitative estimate of drug-likeness (QED) is 0.329. The number of likely N-dealkylation sites (tertiary alicyclic amines) is 1. The number of carbonyl (C=O) groups is 1. The summed E-state index contributed by atoms with van der Waals surface area (Å²) in [6.45, 7) is 15.6. The molecule has 7 heteroatoms. The van der Waals surface area contributed by atoms with Gasteiger partial charge >= 0.3 is 0 Å². The molecule has 0 saturated carbocycles. The lowest BCUT2D eigenvalue weighted by molar-refractivity contribution is 0.0965. The molecule has 1 aromatic rings. The molecule has 2 aliphatic heterocycles. The fourth-order valence-electron chi connectivity index (χ4n) is 5.08. The molecule has 0 spiro atoms. The van der Waals surface area contributed by atoms with Crippen LogP contribution >= 0.6 is 34.0 Å². The van der Waals surface area contributed by atoms with Gasteiger partial charge in [0.1, 0.15) is 5.75 Å². The zero-order valence-electron chi connectivity index (χ0n) is 21.8. The Bertz CT molecular complexity index is 817. The SMILES string of the molecule is Br.Br.CC(C)(C)c1cc(C(=O)CN2CCC(CCC3CCNCC3)C2=N)cc(C(C)(C)C)c1O. The average molecular weight is 603 g/mol. The van der Waals surface area contributed by atoms with Crippen LogP contribution < -0.4 is 5.32 Å². The number of rotatable bonds is 6. The van der Waals surface area contributed by atoms with Gasteiger partial charge in [-0.2, -0.15) is 0 Å². The first-order valence-corrected chi connectivity index (χ1v) is 12.3. The van der Waals surface area contributed by atoms with Crippen molar-refractivity contribution in [3.05, 3.63) is 28.8 Å². The summed E-state index contributed by atoms with van der Waals surface area (Å²) in [4.78, 5) is 15.3. The van der Waals surface area contributed by atoms with Gasteiger partial charge in [-0.1, -0.05) is 41.5 Å². The van der Waals surface area contributed by atoms with Gasteiger partial charge in [-0.05, 0) is 74.1 Å². The fourth-order valence-corrected chi connectivity index (χ4v) is 5.08. The number of ketones is 1. The van der Waals surface area contributed by atoms with E-state index in [9.17, 15) is 9.90 Å². The molecular formula is C27H45Br2N3O2. The van der Waals surface area contributed by atoms with Crippen LogP contribution in [-0.2, 0) is 10.8 Å². The van der Waals surface area contributed by atoms with E-state index in [0.717, 1.165) is 49.5 Å². The largest absolute Gasteiger partial charge is 0.507 e. The zero-order chi connectivity index (χ0) is 23.7. The molecule has 3 N–H and O–H groups in total. The molecule has 0 bridgehead atoms. The van der Waals surface area contributed by atoms with Crippen molar-refractivity contribution in [1.29, 1.82) is 5.41 Å². The molecule has 3 rings (SSSR count). The lowest BCUT2D eigenvalue weighted by atomic mass is 9.78. The Morgan fingerprint density at radius 2 is 1.53 bits per heavy atom. The number of amidine groups is 1. The molecule has 1 aromatic carbocycles. The Morgan fingerprint density at radius 1 is 1.00 bits per heavy atom. The van der Waals surface area contributed by atoms with Gasteiger partial charge in [0.25, 0.3) is 0 Å². The minimum Gasteiger partial charge on any atom is -0.507 e. The van der Waals surface area contributed by atoms with E-state index in [-0.39, 0.29) is 63.0 Å². The van der Waals surface area contributed by atoms with Crippen molar-refractivity contribution in [3.63, 3.8) is 0 Å². The van der Waals surface area contributed by atoms with Crippen LogP contribution in [0.2, 0.25) is 0 Å². The smallest absolute Gasteiger partial charge is 0.182 e. The number of halogens is 2. The van der Waals surface area contributed by atoms with Gasteiger partial charge in [-0.15, -0.1) is 34.0 Å². The summed E-state index contributed by atoms with van der Waals surface area (Å²) in [7, 11) is 0. The maximum atomic E-state index is 13.3. The highest BCUT2D eigenvalue weighted by Crippen LogP contribution is 2.40. The molecule has 194 valence electrons. The summed E-state index contributed by atoms with van der Waals surface area (Å²) in [5, 5.41) is 23.0. The molecule has 1 atom stereocenters. The van der Waals surface area contributed by atoms with Crippen LogP contribution in [0.15, 0.2) is 12.1 Å². The van der Waals surface area contributed by atoms with E-state index >= 15 is 0 Å². The molecule has 0 aromatic heterocycles. The summed E-state index contributed by atoms with van der Waals surface area (Å²) in [6.07, 6.45) is 5.73. The summed E-state index contributed by atoms with van der Waals surface area (Å²) >= 11 is 0. The van der Waals surface area contributed by atoms with E-state index < -0.39 is 0 Å². The normalized spacial score (nSPS) is 19.5. The maximum absolute atomic E-state index is 13.3. The lowest BCUT2D eigenvalue weighted by Crippen LogP contribution is -2.33. The third-order valence-corrected chi connectivity index (χ3v) is 7.24. The van der Waals surface area contributed by atoms with Crippen LogP contribution in [0.4, 0.5) is 0 Å². The van der Waals surface area contributed by atoms with Crippen LogP contribution in [0, 0.1) is 17.2 Å². The molecule has 0 amide bonds. The van der Waals surface area contributed by atoms with Crippen molar-refractivity contribution in [2.45, 2.75) is 84.5 Å². The summed E-state index contributed by atoms with van der Waals surface area (Å²) < 4.78 is 0. The minimum atomic E-state index is -0.263. The van der Waals surface area contributed by atoms with E-state index in [1.165, 1.54) is 19.3 Å². The molecular weight excluding hydrogens is 558 g/mol. The van der Waals surface area contributed by atoms with Crippen LogP contribution in [0.25, 0.3) is 0 Å².